The molecule has 3 nitrogen and oxygen atoms in total. The quantitative estimate of drug-likeness (QED) is 0.687. The number of hydrogen-bond donors (Lipinski definition) is 1. The first-order valence-electron chi connectivity index (χ1n) is 5.85. The Morgan fingerprint density at radius 3 is 2.53 bits per heavy atom. The van der Waals surface area contributed by atoms with E-state index in [0.717, 1.165) is 25.7 Å². The fourth-order valence-corrected chi connectivity index (χ4v) is 2.04. The van der Waals surface area contributed by atoms with Crippen molar-refractivity contribution in [2.24, 2.45) is 5.92 Å². The summed E-state index contributed by atoms with van der Waals surface area (Å²) in [4.78, 5) is 11.6. The van der Waals surface area contributed by atoms with Crippen LogP contribution in [0, 0.1) is 5.92 Å². The molecule has 0 aromatic heterocycles. The molecule has 88 valence electrons. The first-order chi connectivity index (χ1) is 7.00. The number of nitrogens with one attached hydrogen (secondary N) is 1. The van der Waals surface area contributed by atoms with Crippen LogP contribution in [0.1, 0.15) is 46.5 Å². The molecule has 1 aliphatic carbocycles. The lowest BCUT2D eigenvalue weighted by molar-refractivity contribution is -0.144. The third-order valence-corrected chi connectivity index (χ3v) is 2.97. The summed E-state index contributed by atoms with van der Waals surface area (Å²) in [6.45, 7) is 6.46. The van der Waals surface area contributed by atoms with E-state index >= 15 is 0 Å². The summed E-state index contributed by atoms with van der Waals surface area (Å²) in [7, 11) is 1.46. The van der Waals surface area contributed by atoms with E-state index in [4.69, 9.17) is 4.74 Å². The molecule has 0 aromatic carbocycles. The van der Waals surface area contributed by atoms with Gasteiger partial charge in [0.1, 0.15) is 6.04 Å². The largest absolute Gasteiger partial charge is 0.468 e. The van der Waals surface area contributed by atoms with Crippen LogP contribution >= 0.6 is 0 Å². The van der Waals surface area contributed by atoms with Gasteiger partial charge in [-0.1, -0.05) is 13.3 Å². The second-order valence-electron chi connectivity index (χ2n) is 5.12. The predicted molar refractivity (Wildman–Crippen MR) is 60.7 cm³/mol. The summed E-state index contributed by atoms with van der Waals surface area (Å²) >= 11 is 0. The van der Waals surface area contributed by atoms with E-state index in [1.807, 2.05) is 0 Å². The Bertz CT molecular complexity index is 222. The molecule has 0 saturated heterocycles. The molecule has 0 radical (unpaired) electrons. The van der Waals surface area contributed by atoms with Crippen LogP contribution < -0.4 is 5.32 Å². The van der Waals surface area contributed by atoms with E-state index in [2.05, 4.69) is 26.1 Å². The van der Waals surface area contributed by atoms with Crippen LogP contribution in [0.3, 0.4) is 0 Å². The van der Waals surface area contributed by atoms with Crippen LogP contribution in [0.25, 0.3) is 0 Å². The zero-order chi connectivity index (χ0) is 11.5. The van der Waals surface area contributed by atoms with E-state index < -0.39 is 0 Å². The fourth-order valence-electron chi connectivity index (χ4n) is 2.04. The Balaban J connectivity index is 2.53. The van der Waals surface area contributed by atoms with Crippen molar-refractivity contribution in [3.8, 4) is 0 Å². The second kappa shape index (κ2) is 4.97. The monoisotopic (exact) mass is 213 g/mol. The number of hydrogen-bond acceptors (Lipinski definition) is 3. The third kappa shape index (κ3) is 3.82. The van der Waals surface area contributed by atoms with Crippen LogP contribution in [-0.4, -0.2) is 24.7 Å². The van der Waals surface area contributed by atoms with Crippen molar-refractivity contribution in [1.82, 2.24) is 5.32 Å². The molecule has 1 unspecified atom stereocenters. The maximum Gasteiger partial charge on any atom is 0.323 e. The van der Waals surface area contributed by atoms with Gasteiger partial charge in [-0.05, 0) is 39.0 Å². The molecule has 0 aliphatic heterocycles. The summed E-state index contributed by atoms with van der Waals surface area (Å²) in [6.07, 6.45) is 4.50. The lowest BCUT2D eigenvalue weighted by Gasteiger charge is -2.30. The maximum atomic E-state index is 11.6. The van der Waals surface area contributed by atoms with Crippen molar-refractivity contribution in [1.29, 1.82) is 0 Å². The van der Waals surface area contributed by atoms with Gasteiger partial charge in [0, 0.05) is 5.54 Å². The van der Waals surface area contributed by atoms with Gasteiger partial charge in [0.05, 0.1) is 7.11 Å². The summed E-state index contributed by atoms with van der Waals surface area (Å²) < 4.78 is 4.84. The highest BCUT2D eigenvalue weighted by molar-refractivity contribution is 5.76. The summed E-state index contributed by atoms with van der Waals surface area (Å²) in [5, 5.41) is 3.43. The van der Waals surface area contributed by atoms with Crippen molar-refractivity contribution >= 4 is 5.97 Å². The Hall–Kier alpha value is -0.570. The summed E-state index contributed by atoms with van der Waals surface area (Å²) in [5.74, 6) is 0.384. The lowest BCUT2D eigenvalue weighted by atomic mass is 9.96. The molecular formula is C12H23NO2. The second-order valence-corrected chi connectivity index (χ2v) is 5.12. The molecule has 1 atom stereocenters. The average molecular weight is 213 g/mol. The fraction of sp³-hybridized carbons (Fsp3) is 0.917. The molecule has 0 heterocycles. The van der Waals surface area contributed by atoms with Crippen molar-refractivity contribution < 1.29 is 9.53 Å². The van der Waals surface area contributed by atoms with Crippen LogP contribution in [0.5, 0.6) is 0 Å². The van der Waals surface area contributed by atoms with Gasteiger partial charge in [0.2, 0.25) is 0 Å². The number of carbonyl (C=O) groups excluding carboxylic acids is 1. The van der Waals surface area contributed by atoms with Crippen LogP contribution in [0.4, 0.5) is 0 Å². The summed E-state index contributed by atoms with van der Waals surface area (Å²) in [5.41, 5.74) is 0.0240. The number of methoxy groups -OCH3 is 1. The van der Waals surface area contributed by atoms with Crippen molar-refractivity contribution in [2.45, 2.75) is 58.0 Å². The van der Waals surface area contributed by atoms with E-state index in [1.165, 1.54) is 7.11 Å². The predicted octanol–water partition coefficient (Wildman–Crippen LogP) is 2.11. The minimum absolute atomic E-state index is 0.0240. The maximum absolute atomic E-state index is 11.6. The standard InChI is InChI=1S/C12H23NO2/c1-5-8-12(2,3)13-10(9-6-7-9)11(14)15-4/h9-10,13H,5-8H2,1-4H3. The highest BCUT2D eigenvalue weighted by Crippen LogP contribution is 2.34. The molecule has 1 aliphatic rings. The van der Waals surface area contributed by atoms with E-state index in [0.29, 0.717) is 5.92 Å². The molecule has 3 heteroatoms. The van der Waals surface area contributed by atoms with Gasteiger partial charge in [-0.15, -0.1) is 0 Å². The van der Waals surface area contributed by atoms with Crippen molar-refractivity contribution in [2.75, 3.05) is 7.11 Å². The molecule has 0 bridgehead atoms. The Morgan fingerprint density at radius 2 is 2.13 bits per heavy atom. The molecule has 1 fully saturated rings. The SMILES string of the molecule is CCCC(C)(C)NC(C(=O)OC)C1CC1. The molecule has 1 rings (SSSR count). The number of rotatable bonds is 6. The zero-order valence-corrected chi connectivity index (χ0v) is 10.3. The average Bonchev–Trinajstić information content (AvgIpc) is 2.96. The topological polar surface area (TPSA) is 38.3 Å². The molecule has 0 spiro atoms. The Kier molecular flexibility index (Phi) is 4.14. The minimum Gasteiger partial charge on any atom is -0.468 e. The molecule has 1 N–H and O–H groups in total. The number of carbonyl (C=O) groups is 1. The van der Waals surface area contributed by atoms with E-state index in [-0.39, 0.29) is 17.6 Å². The van der Waals surface area contributed by atoms with Gasteiger partial charge in [0.15, 0.2) is 0 Å². The van der Waals surface area contributed by atoms with Gasteiger partial charge >= 0.3 is 5.97 Å². The minimum atomic E-state index is -0.110. The molecule has 0 amide bonds. The van der Waals surface area contributed by atoms with Crippen molar-refractivity contribution in [3.63, 3.8) is 0 Å². The smallest absolute Gasteiger partial charge is 0.323 e. The first kappa shape index (κ1) is 12.5. The van der Waals surface area contributed by atoms with Gasteiger partial charge < -0.3 is 4.74 Å². The van der Waals surface area contributed by atoms with Gasteiger partial charge in [-0.25, -0.2) is 0 Å². The van der Waals surface area contributed by atoms with Gasteiger partial charge in [-0.3, -0.25) is 10.1 Å². The van der Waals surface area contributed by atoms with Crippen LogP contribution in [-0.2, 0) is 9.53 Å². The van der Waals surface area contributed by atoms with E-state index in [9.17, 15) is 4.79 Å². The van der Waals surface area contributed by atoms with E-state index in [1.54, 1.807) is 0 Å². The first-order valence-corrected chi connectivity index (χ1v) is 5.85. The Labute approximate surface area is 92.6 Å². The Morgan fingerprint density at radius 1 is 1.53 bits per heavy atom. The highest BCUT2D eigenvalue weighted by atomic mass is 16.5. The molecule has 0 aromatic rings. The van der Waals surface area contributed by atoms with Crippen LogP contribution in [0.15, 0.2) is 0 Å². The number of esters is 1. The third-order valence-electron chi connectivity index (χ3n) is 2.97. The van der Waals surface area contributed by atoms with Crippen LogP contribution in [0.2, 0.25) is 0 Å². The normalized spacial score (nSPS) is 18.7. The molecular weight excluding hydrogens is 190 g/mol. The highest BCUT2D eigenvalue weighted by Gasteiger charge is 2.39. The zero-order valence-electron chi connectivity index (χ0n) is 10.3. The number of ether oxygens (including phenoxy) is 1. The van der Waals surface area contributed by atoms with Gasteiger partial charge in [-0.2, -0.15) is 0 Å². The molecule has 1 saturated carbocycles. The van der Waals surface area contributed by atoms with Gasteiger partial charge in [0.25, 0.3) is 0 Å². The summed E-state index contributed by atoms with van der Waals surface area (Å²) in [6, 6.07) is -0.100. The van der Waals surface area contributed by atoms with Crippen molar-refractivity contribution in [3.05, 3.63) is 0 Å². The lowest BCUT2D eigenvalue weighted by Crippen LogP contribution is -2.51. The molecule has 15 heavy (non-hydrogen) atoms.